The SMILES string of the molecule is CCCC=CCOc1cc[c]cc1. The maximum atomic E-state index is 5.45. The highest BCUT2D eigenvalue weighted by atomic mass is 16.5. The summed E-state index contributed by atoms with van der Waals surface area (Å²) < 4.78 is 5.45. The second-order valence-corrected chi connectivity index (χ2v) is 2.81. The van der Waals surface area contributed by atoms with Crippen molar-refractivity contribution in [1.29, 1.82) is 0 Å². The third-order valence-corrected chi connectivity index (χ3v) is 1.66. The lowest BCUT2D eigenvalue weighted by molar-refractivity contribution is 0.362. The molecule has 0 saturated heterocycles. The van der Waals surface area contributed by atoms with Gasteiger partial charge in [-0.25, -0.2) is 0 Å². The quantitative estimate of drug-likeness (QED) is 0.624. The van der Waals surface area contributed by atoms with Gasteiger partial charge >= 0.3 is 0 Å². The number of benzene rings is 1. The van der Waals surface area contributed by atoms with Gasteiger partial charge < -0.3 is 4.74 Å². The van der Waals surface area contributed by atoms with E-state index in [1.807, 2.05) is 24.3 Å². The fraction of sp³-hybridized carbons (Fsp3) is 0.333. The average Bonchev–Trinajstić information content (AvgIpc) is 2.19. The molecule has 0 heterocycles. The molecule has 0 aliphatic rings. The zero-order chi connectivity index (χ0) is 9.36. The summed E-state index contributed by atoms with van der Waals surface area (Å²) in [5, 5.41) is 0. The second kappa shape index (κ2) is 6.30. The van der Waals surface area contributed by atoms with Gasteiger partial charge in [-0.3, -0.25) is 0 Å². The van der Waals surface area contributed by atoms with E-state index in [2.05, 4.69) is 25.1 Å². The van der Waals surface area contributed by atoms with Gasteiger partial charge in [0, 0.05) is 0 Å². The molecule has 0 N–H and O–H groups in total. The fourth-order valence-corrected chi connectivity index (χ4v) is 0.965. The number of hydrogen-bond acceptors (Lipinski definition) is 1. The largest absolute Gasteiger partial charge is 0.490 e. The van der Waals surface area contributed by atoms with E-state index in [4.69, 9.17) is 4.74 Å². The first-order chi connectivity index (χ1) is 6.43. The fourth-order valence-electron chi connectivity index (χ4n) is 0.965. The molecule has 0 aromatic heterocycles. The molecule has 1 aromatic rings. The summed E-state index contributed by atoms with van der Waals surface area (Å²) in [5.74, 6) is 0.903. The molecule has 0 saturated carbocycles. The van der Waals surface area contributed by atoms with E-state index in [9.17, 15) is 0 Å². The molecule has 0 aliphatic heterocycles. The maximum absolute atomic E-state index is 5.45. The summed E-state index contributed by atoms with van der Waals surface area (Å²) in [6, 6.07) is 10.5. The van der Waals surface area contributed by atoms with Gasteiger partial charge in [0.1, 0.15) is 12.4 Å². The standard InChI is InChI=1S/C12H15O/c1-2-3-4-8-11-13-12-9-6-5-7-10-12/h4,6-10H,2-3,11H2,1H3. The predicted molar refractivity (Wildman–Crippen MR) is 54.8 cm³/mol. The zero-order valence-electron chi connectivity index (χ0n) is 7.99. The Hall–Kier alpha value is -1.24. The first-order valence-electron chi connectivity index (χ1n) is 4.67. The molecule has 0 aliphatic carbocycles. The Kier molecular flexibility index (Phi) is 4.77. The van der Waals surface area contributed by atoms with E-state index in [-0.39, 0.29) is 0 Å². The Morgan fingerprint density at radius 2 is 2.08 bits per heavy atom. The van der Waals surface area contributed by atoms with Crippen LogP contribution in [0, 0.1) is 6.07 Å². The summed E-state index contributed by atoms with van der Waals surface area (Å²) in [7, 11) is 0. The molecule has 0 unspecified atom stereocenters. The Balaban J connectivity index is 2.20. The van der Waals surface area contributed by atoms with Crippen LogP contribution in [0.1, 0.15) is 19.8 Å². The monoisotopic (exact) mass is 175 g/mol. The highest BCUT2D eigenvalue weighted by molar-refractivity contribution is 5.20. The molecule has 69 valence electrons. The lowest BCUT2D eigenvalue weighted by Crippen LogP contribution is -1.92. The smallest absolute Gasteiger partial charge is 0.119 e. The van der Waals surface area contributed by atoms with Crippen LogP contribution in [0.4, 0.5) is 0 Å². The van der Waals surface area contributed by atoms with Crippen molar-refractivity contribution in [2.24, 2.45) is 0 Å². The lowest BCUT2D eigenvalue weighted by atomic mass is 10.3. The molecule has 1 rings (SSSR count). The predicted octanol–water partition coefficient (Wildman–Crippen LogP) is 3.22. The van der Waals surface area contributed by atoms with Gasteiger partial charge in [-0.1, -0.05) is 37.6 Å². The van der Waals surface area contributed by atoms with Gasteiger partial charge in [0.2, 0.25) is 0 Å². The van der Waals surface area contributed by atoms with Crippen molar-refractivity contribution >= 4 is 0 Å². The van der Waals surface area contributed by atoms with Crippen LogP contribution in [-0.2, 0) is 0 Å². The van der Waals surface area contributed by atoms with Crippen molar-refractivity contribution in [1.82, 2.24) is 0 Å². The van der Waals surface area contributed by atoms with Gasteiger partial charge in [-0.2, -0.15) is 0 Å². The first kappa shape index (κ1) is 9.85. The van der Waals surface area contributed by atoms with E-state index in [0.29, 0.717) is 6.61 Å². The third kappa shape index (κ3) is 4.36. The third-order valence-electron chi connectivity index (χ3n) is 1.66. The minimum Gasteiger partial charge on any atom is -0.490 e. The molecule has 0 atom stereocenters. The van der Waals surface area contributed by atoms with Crippen molar-refractivity contribution < 1.29 is 4.74 Å². The molecule has 1 radical (unpaired) electrons. The minimum absolute atomic E-state index is 0.657. The van der Waals surface area contributed by atoms with Gasteiger partial charge in [-0.15, -0.1) is 0 Å². The summed E-state index contributed by atoms with van der Waals surface area (Å²) in [6.45, 7) is 2.82. The van der Waals surface area contributed by atoms with E-state index < -0.39 is 0 Å². The lowest BCUT2D eigenvalue weighted by Gasteiger charge is -2.00. The second-order valence-electron chi connectivity index (χ2n) is 2.81. The first-order valence-corrected chi connectivity index (χ1v) is 4.67. The highest BCUT2D eigenvalue weighted by Gasteiger charge is 1.86. The number of allylic oxidation sites excluding steroid dienone is 1. The molecule has 0 spiro atoms. The Bertz CT molecular complexity index is 239. The minimum atomic E-state index is 0.657. The average molecular weight is 175 g/mol. The topological polar surface area (TPSA) is 9.23 Å². The Morgan fingerprint density at radius 1 is 1.31 bits per heavy atom. The van der Waals surface area contributed by atoms with E-state index >= 15 is 0 Å². The molecule has 1 heteroatoms. The molecular weight excluding hydrogens is 160 g/mol. The summed E-state index contributed by atoms with van der Waals surface area (Å²) in [6.07, 6.45) is 6.53. The summed E-state index contributed by atoms with van der Waals surface area (Å²) in [5.41, 5.74) is 0. The Labute approximate surface area is 80.0 Å². The number of unbranched alkanes of at least 4 members (excludes halogenated alkanes) is 1. The van der Waals surface area contributed by atoms with Crippen LogP contribution in [0.3, 0.4) is 0 Å². The molecule has 0 fully saturated rings. The van der Waals surface area contributed by atoms with E-state index in [1.165, 1.54) is 6.42 Å². The molecule has 1 nitrogen and oxygen atoms in total. The van der Waals surface area contributed by atoms with Crippen molar-refractivity contribution in [3.05, 3.63) is 42.5 Å². The molecule has 1 aromatic carbocycles. The molecule has 0 bridgehead atoms. The number of ether oxygens (including phenoxy) is 1. The van der Waals surface area contributed by atoms with Crippen molar-refractivity contribution in [2.75, 3.05) is 6.61 Å². The molecular formula is C12H15O. The number of rotatable bonds is 5. The molecule has 13 heavy (non-hydrogen) atoms. The van der Waals surface area contributed by atoms with Crippen LogP contribution in [-0.4, -0.2) is 6.61 Å². The van der Waals surface area contributed by atoms with Crippen LogP contribution in [0.2, 0.25) is 0 Å². The summed E-state index contributed by atoms with van der Waals surface area (Å²) >= 11 is 0. The van der Waals surface area contributed by atoms with Gasteiger partial charge in [0.05, 0.1) is 0 Å². The Morgan fingerprint density at radius 3 is 2.77 bits per heavy atom. The van der Waals surface area contributed by atoms with Crippen LogP contribution in [0.5, 0.6) is 5.75 Å². The normalized spacial score (nSPS) is 10.5. The van der Waals surface area contributed by atoms with E-state index in [1.54, 1.807) is 0 Å². The van der Waals surface area contributed by atoms with Crippen LogP contribution < -0.4 is 4.74 Å². The summed E-state index contributed by atoms with van der Waals surface area (Å²) in [4.78, 5) is 0. The van der Waals surface area contributed by atoms with E-state index in [0.717, 1.165) is 12.2 Å². The number of hydrogen-bond donors (Lipinski definition) is 0. The van der Waals surface area contributed by atoms with Gasteiger partial charge in [0.25, 0.3) is 0 Å². The zero-order valence-corrected chi connectivity index (χ0v) is 7.99. The molecule has 0 amide bonds. The van der Waals surface area contributed by atoms with Crippen molar-refractivity contribution in [2.45, 2.75) is 19.8 Å². The maximum Gasteiger partial charge on any atom is 0.119 e. The van der Waals surface area contributed by atoms with Crippen molar-refractivity contribution in [3.63, 3.8) is 0 Å². The van der Waals surface area contributed by atoms with Crippen molar-refractivity contribution in [3.8, 4) is 5.75 Å². The highest BCUT2D eigenvalue weighted by Crippen LogP contribution is 2.07. The van der Waals surface area contributed by atoms with Crippen LogP contribution in [0.15, 0.2) is 36.4 Å². The van der Waals surface area contributed by atoms with Gasteiger partial charge in [0.15, 0.2) is 0 Å². The van der Waals surface area contributed by atoms with Crippen LogP contribution in [0.25, 0.3) is 0 Å². The van der Waals surface area contributed by atoms with Crippen LogP contribution >= 0.6 is 0 Å². The van der Waals surface area contributed by atoms with Gasteiger partial charge in [-0.05, 0) is 24.6 Å².